The Balaban J connectivity index is 1.40. The summed E-state index contributed by atoms with van der Waals surface area (Å²) < 4.78 is 7.35. The zero-order valence-corrected chi connectivity index (χ0v) is 19.2. The number of hydrazone groups is 1. The van der Waals surface area contributed by atoms with E-state index in [1.54, 1.807) is 18.2 Å². The summed E-state index contributed by atoms with van der Waals surface area (Å²) in [5.41, 5.74) is 5.40. The molecule has 0 aliphatic rings. The second-order valence-corrected chi connectivity index (χ2v) is 8.92. The summed E-state index contributed by atoms with van der Waals surface area (Å²) in [5.74, 6) is -0.379. The topological polar surface area (TPSA) is 89.5 Å². The molecule has 3 heterocycles. The van der Waals surface area contributed by atoms with Crippen LogP contribution in [0.3, 0.4) is 0 Å². The molecule has 0 saturated carbocycles. The highest BCUT2D eigenvalue weighted by molar-refractivity contribution is 7.20. The van der Waals surface area contributed by atoms with E-state index in [1.165, 1.54) is 23.8 Å². The molecule has 0 aliphatic carbocycles. The molecule has 3 aromatic heterocycles. The number of benzene rings is 2. The molecule has 0 unspecified atom stereocenters. The fourth-order valence-electron chi connectivity index (χ4n) is 3.47. The van der Waals surface area contributed by atoms with Gasteiger partial charge in [-0.1, -0.05) is 29.8 Å². The van der Waals surface area contributed by atoms with Gasteiger partial charge >= 0.3 is 0 Å². The number of nitrogens with zero attached hydrogens (tertiary/aromatic N) is 3. The molecule has 5 aromatic rings. The number of hydrogen-bond acceptors (Lipinski definition) is 6. The summed E-state index contributed by atoms with van der Waals surface area (Å²) in [6.07, 6.45) is 2.58. The lowest BCUT2D eigenvalue weighted by atomic mass is 10.1. The molecule has 0 bridgehead atoms. The zero-order valence-electron chi connectivity index (χ0n) is 17.6. The summed E-state index contributed by atoms with van der Waals surface area (Å²) in [4.78, 5) is 26.7. The predicted molar refractivity (Wildman–Crippen MR) is 131 cm³/mol. The van der Waals surface area contributed by atoms with E-state index in [0.29, 0.717) is 20.9 Å². The zero-order chi connectivity index (χ0) is 23.1. The average molecular weight is 477 g/mol. The van der Waals surface area contributed by atoms with Gasteiger partial charge in [0.15, 0.2) is 0 Å². The van der Waals surface area contributed by atoms with Gasteiger partial charge in [0.05, 0.1) is 33.4 Å². The van der Waals surface area contributed by atoms with Crippen LogP contribution in [0.5, 0.6) is 0 Å². The van der Waals surface area contributed by atoms with Crippen molar-refractivity contribution in [2.24, 2.45) is 5.10 Å². The average Bonchev–Trinajstić information content (AvgIpc) is 3.38. The van der Waals surface area contributed by atoms with E-state index in [2.05, 4.69) is 15.6 Å². The van der Waals surface area contributed by atoms with E-state index in [1.807, 2.05) is 48.9 Å². The van der Waals surface area contributed by atoms with Gasteiger partial charge in [0.25, 0.3) is 5.91 Å². The minimum Gasteiger partial charge on any atom is -0.463 e. The van der Waals surface area contributed by atoms with Crippen molar-refractivity contribution in [3.8, 4) is 5.69 Å². The number of aryl methyl sites for hydroxylation is 2. The molecule has 0 radical (unpaired) electrons. The number of carbonyl (C=O) groups excluding carboxylic acids is 1. The molecule has 33 heavy (non-hydrogen) atoms. The third kappa shape index (κ3) is 3.83. The quantitative estimate of drug-likeness (QED) is 0.284. The lowest BCUT2D eigenvalue weighted by Gasteiger charge is -2.02. The van der Waals surface area contributed by atoms with Crippen molar-refractivity contribution in [3.63, 3.8) is 0 Å². The predicted octanol–water partition coefficient (Wildman–Crippen LogP) is 5.23. The van der Waals surface area contributed by atoms with Gasteiger partial charge < -0.3 is 4.42 Å². The van der Waals surface area contributed by atoms with Crippen molar-refractivity contribution in [2.45, 2.75) is 13.8 Å². The Morgan fingerprint density at radius 1 is 1.18 bits per heavy atom. The van der Waals surface area contributed by atoms with Crippen LogP contribution in [0, 0.1) is 13.8 Å². The maximum absolute atomic E-state index is 12.7. The fourth-order valence-corrected chi connectivity index (χ4v) is 4.71. The summed E-state index contributed by atoms with van der Waals surface area (Å²) in [5, 5.41) is 10.3. The Kier molecular flexibility index (Phi) is 5.32. The van der Waals surface area contributed by atoms with E-state index in [-0.39, 0.29) is 16.9 Å². The second-order valence-electron chi connectivity index (χ2n) is 7.48. The standard InChI is InChI=1S/C24H17ClN4O3S/c1-13-8-20-18(9-19(13)25)22(30)15(12-32-20)11-26-27-23(31)21-10-17-14(2)28-29(24(17)33-21)16-6-4-3-5-7-16/h3-12H,1-2H3,(H,27,31)/b26-11+. The molecule has 0 spiro atoms. The number of halogens is 1. The van der Waals surface area contributed by atoms with Gasteiger partial charge in [-0.2, -0.15) is 10.2 Å². The number of para-hydroxylation sites is 1. The van der Waals surface area contributed by atoms with E-state index in [0.717, 1.165) is 27.2 Å². The largest absolute Gasteiger partial charge is 0.463 e. The van der Waals surface area contributed by atoms with Gasteiger partial charge in [-0.15, -0.1) is 11.3 Å². The molecule has 9 heteroatoms. The van der Waals surface area contributed by atoms with Gasteiger partial charge in [0.2, 0.25) is 5.43 Å². The molecular formula is C24H17ClN4O3S. The van der Waals surface area contributed by atoms with E-state index in [9.17, 15) is 9.59 Å². The lowest BCUT2D eigenvalue weighted by molar-refractivity contribution is 0.0959. The van der Waals surface area contributed by atoms with E-state index >= 15 is 0 Å². The van der Waals surface area contributed by atoms with Crippen LogP contribution in [-0.2, 0) is 0 Å². The summed E-state index contributed by atoms with van der Waals surface area (Å²) in [6, 6.07) is 14.8. The first kappa shape index (κ1) is 21.1. The molecule has 2 aromatic carbocycles. The van der Waals surface area contributed by atoms with Crippen molar-refractivity contribution < 1.29 is 9.21 Å². The third-order valence-corrected chi connectivity index (χ3v) is 6.74. The van der Waals surface area contributed by atoms with Crippen LogP contribution in [0.1, 0.15) is 26.5 Å². The molecule has 0 aliphatic heterocycles. The van der Waals surface area contributed by atoms with Crippen molar-refractivity contribution in [2.75, 3.05) is 0 Å². The van der Waals surface area contributed by atoms with Crippen molar-refractivity contribution in [1.82, 2.24) is 15.2 Å². The number of hydrogen-bond donors (Lipinski definition) is 1. The van der Waals surface area contributed by atoms with Crippen LogP contribution in [0.25, 0.3) is 26.9 Å². The Morgan fingerprint density at radius 2 is 1.97 bits per heavy atom. The minimum absolute atomic E-state index is 0.203. The van der Waals surface area contributed by atoms with Crippen molar-refractivity contribution in [3.05, 3.63) is 91.7 Å². The third-order valence-electron chi connectivity index (χ3n) is 5.22. The van der Waals surface area contributed by atoms with E-state index in [4.69, 9.17) is 16.0 Å². The highest BCUT2D eigenvalue weighted by Crippen LogP contribution is 2.30. The molecule has 0 saturated heterocycles. The molecule has 7 nitrogen and oxygen atoms in total. The SMILES string of the molecule is Cc1cc2occ(/C=N/NC(=O)c3cc4c(C)nn(-c5ccccc5)c4s3)c(=O)c2cc1Cl. The van der Waals surface area contributed by atoms with Crippen LogP contribution >= 0.6 is 22.9 Å². The Morgan fingerprint density at radius 3 is 2.76 bits per heavy atom. The van der Waals surface area contributed by atoms with Gasteiger partial charge in [0, 0.05) is 10.4 Å². The number of amides is 1. The number of fused-ring (bicyclic) bond motifs is 2. The molecule has 1 N–H and O–H groups in total. The Labute approximate surface area is 196 Å². The first-order valence-electron chi connectivity index (χ1n) is 10.0. The first-order valence-corrected chi connectivity index (χ1v) is 11.2. The molecule has 164 valence electrons. The van der Waals surface area contributed by atoms with Gasteiger partial charge in [0.1, 0.15) is 16.7 Å². The first-order chi connectivity index (χ1) is 15.9. The maximum atomic E-state index is 12.7. The molecule has 0 fully saturated rings. The Hall–Kier alpha value is -3.75. The van der Waals surface area contributed by atoms with Crippen LogP contribution in [0.2, 0.25) is 5.02 Å². The number of aromatic nitrogens is 2. The minimum atomic E-state index is -0.379. The highest BCUT2D eigenvalue weighted by Gasteiger charge is 2.17. The summed E-state index contributed by atoms with van der Waals surface area (Å²) in [7, 11) is 0. The summed E-state index contributed by atoms with van der Waals surface area (Å²) in [6.45, 7) is 3.74. The van der Waals surface area contributed by atoms with Crippen molar-refractivity contribution in [1.29, 1.82) is 0 Å². The Bertz CT molecular complexity index is 1620. The van der Waals surface area contributed by atoms with Gasteiger partial charge in [-0.25, -0.2) is 10.1 Å². The molecular weight excluding hydrogens is 460 g/mol. The molecule has 5 rings (SSSR count). The van der Waals surface area contributed by atoms with Gasteiger partial charge in [-0.3, -0.25) is 9.59 Å². The summed E-state index contributed by atoms with van der Waals surface area (Å²) >= 11 is 7.46. The lowest BCUT2D eigenvalue weighted by Crippen LogP contribution is -2.17. The smallest absolute Gasteiger partial charge is 0.281 e. The van der Waals surface area contributed by atoms with Crippen molar-refractivity contribution >= 4 is 56.2 Å². The van der Waals surface area contributed by atoms with E-state index < -0.39 is 0 Å². The number of rotatable bonds is 4. The molecule has 1 amide bonds. The normalized spacial score (nSPS) is 11.6. The fraction of sp³-hybridized carbons (Fsp3) is 0.0833. The monoisotopic (exact) mass is 476 g/mol. The number of nitrogens with one attached hydrogen (secondary N) is 1. The molecule has 0 atom stereocenters. The maximum Gasteiger partial charge on any atom is 0.281 e. The highest BCUT2D eigenvalue weighted by atomic mass is 35.5. The van der Waals surface area contributed by atoms with Crippen LogP contribution < -0.4 is 10.9 Å². The van der Waals surface area contributed by atoms with Crippen LogP contribution in [0.4, 0.5) is 0 Å². The van der Waals surface area contributed by atoms with Crippen LogP contribution in [-0.4, -0.2) is 21.9 Å². The second kappa shape index (κ2) is 8.31. The van der Waals surface area contributed by atoms with Gasteiger partial charge in [-0.05, 0) is 49.7 Å². The number of thiophene rings is 1. The number of carbonyl (C=O) groups is 1. The van der Waals surface area contributed by atoms with Crippen LogP contribution in [0.15, 0.2) is 69.1 Å².